The second-order valence-electron chi connectivity index (χ2n) is 6.73. The Labute approximate surface area is 180 Å². The summed E-state index contributed by atoms with van der Waals surface area (Å²) in [6.07, 6.45) is 0.212. The molecule has 0 aromatic heterocycles. The first-order valence-electron chi connectivity index (χ1n) is 9.55. The third kappa shape index (κ3) is 6.43. The van der Waals surface area contributed by atoms with Crippen LogP contribution in [0.1, 0.15) is 22.8 Å². The highest BCUT2D eigenvalue weighted by Crippen LogP contribution is 2.19. The Morgan fingerprint density at radius 1 is 0.806 bits per heavy atom. The highest BCUT2D eigenvalue weighted by atomic mass is 16.5. The number of rotatable bonds is 7. The molecule has 0 fully saturated rings. The van der Waals surface area contributed by atoms with Crippen molar-refractivity contribution in [3.8, 4) is 11.5 Å². The first kappa shape index (κ1) is 21.6. The number of anilines is 2. The largest absolute Gasteiger partial charge is 0.497 e. The zero-order valence-corrected chi connectivity index (χ0v) is 17.2. The van der Waals surface area contributed by atoms with Gasteiger partial charge in [0.25, 0.3) is 5.91 Å². The van der Waals surface area contributed by atoms with Crippen molar-refractivity contribution in [2.45, 2.75) is 13.3 Å². The molecule has 2 amide bonds. The Morgan fingerprint density at radius 3 is 2.16 bits per heavy atom. The molecule has 0 aliphatic rings. The average Bonchev–Trinajstić information content (AvgIpc) is 2.74. The standard InChI is InChI=1S/C24H22N2O5/c1-16(27)31-22-8-3-5-18(14-22)24(29)26-20-7-4-6-19(15-20)25-23(28)13-17-9-11-21(30-2)12-10-17/h3-12,14-15H,13H2,1-2H3,(H,25,28)(H,26,29). The van der Waals surface area contributed by atoms with E-state index < -0.39 is 5.97 Å². The van der Waals surface area contributed by atoms with Crippen LogP contribution in [-0.2, 0) is 16.0 Å². The van der Waals surface area contributed by atoms with Gasteiger partial charge >= 0.3 is 5.97 Å². The molecule has 3 aromatic carbocycles. The first-order chi connectivity index (χ1) is 14.9. The summed E-state index contributed by atoms with van der Waals surface area (Å²) >= 11 is 0. The molecule has 0 bridgehead atoms. The lowest BCUT2D eigenvalue weighted by Gasteiger charge is -2.10. The van der Waals surface area contributed by atoms with E-state index in [4.69, 9.17) is 9.47 Å². The summed E-state index contributed by atoms with van der Waals surface area (Å²) in [5.74, 6) is 0.0137. The summed E-state index contributed by atoms with van der Waals surface area (Å²) in [5, 5.41) is 5.59. The summed E-state index contributed by atoms with van der Waals surface area (Å²) in [6.45, 7) is 1.29. The van der Waals surface area contributed by atoms with Crippen LogP contribution in [0.2, 0.25) is 0 Å². The smallest absolute Gasteiger partial charge is 0.308 e. The normalized spacial score (nSPS) is 10.1. The second kappa shape index (κ2) is 10.1. The molecule has 0 saturated carbocycles. The molecule has 7 heteroatoms. The van der Waals surface area contributed by atoms with E-state index in [1.807, 2.05) is 12.1 Å². The predicted octanol–water partition coefficient (Wildman–Crippen LogP) is 4.05. The van der Waals surface area contributed by atoms with Crippen LogP contribution in [0.4, 0.5) is 11.4 Å². The molecule has 0 radical (unpaired) electrons. The van der Waals surface area contributed by atoms with Gasteiger partial charge < -0.3 is 20.1 Å². The minimum absolute atomic E-state index is 0.178. The maximum Gasteiger partial charge on any atom is 0.308 e. The molecule has 0 saturated heterocycles. The first-order valence-corrected chi connectivity index (χ1v) is 9.55. The maximum absolute atomic E-state index is 12.5. The molecular weight excluding hydrogens is 396 g/mol. The second-order valence-corrected chi connectivity index (χ2v) is 6.73. The van der Waals surface area contributed by atoms with Gasteiger partial charge in [-0.25, -0.2) is 0 Å². The van der Waals surface area contributed by atoms with Crippen molar-refractivity contribution < 1.29 is 23.9 Å². The maximum atomic E-state index is 12.5. The summed E-state index contributed by atoms with van der Waals surface area (Å²) in [6, 6.07) is 20.4. The molecule has 0 unspecified atom stereocenters. The lowest BCUT2D eigenvalue weighted by molar-refractivity contribution is -0.131. The van der Waals surface area contributed by atoms with Gasteiger partial charge in [0.15, 0.2) is 0 Å². The Morgan fingerprint density at radius 2 is 1.48 bits per heavy atom. The van der Waals surface area contributed by atoms with E-state index in [1.165, 1.54) is 13.0 Å². The quantitative estimate of drug-likeness (QED) is 0.446. The van der Waals surface area contributed by atoms with E-state index in [2.05, 4.69) is 10.6 Å². The molecule has 3 rings (SSSR count). The summed E-state index contributed by atoms with van der Waals surface area (Å²) in [5.41, 5.74) is 2.28. The zero-order chi connectivity index (χ0) is 22.2. The average molecular weight is 418 g/mol. The molecule has 0 aliphatic heterocycles. The van der Waals surface area contributed by atoms with Gasteiger partial charge in [-0.2, -0.15) is 0 Å². The number of ether oxygens (including phenoxy) is 2. The lowest BCUT2D eigenvalue weighted by atomic mass is 10.1. The van der Waals surface area contributed by atoms with E-state index >= 15 is 0 Å². The van der Waals surface area contributed by atoms with E-state index in [-0.39, 0.29) is 18.2 Å². The van der Waals surface area contributed by atoms with Crippen molar-refractivity contribution in [2.24, 2.45) is 0 Å². The summed E-state index contributed by atoms with van der Waals surface area (Å²) in [7, 11) is 1.59. The number of esters is 1. The van der Waals surface area contributed by atoms with Gasteiger partial charge in [-0.05, 0) is 54.1 Å². The fourth-order valence-corrected chi connectivity index (χ4v) is 2.88. The van der Waals surface area contributed by atoms with Crippen molar-refractivity contribution in [3.63, 3.8) is 0 Å². The van der Waals surface area contributed by atoms with Crippen LogP contribution in [0.3, 0.4) is 0 Å². The van der Waals surface area contributed by atoms with Gasteiger partial charge in [-0.15, -0.1) is 0 Å². The van der Waals surface area contributed by atoms with Gasteiger partial charge in [0.1, 0.15) is 11.5 Å². The Bertz CT molecular complexity index is 1090. The van der Waals surface area contributed by atoms with E-state index in [0.717, 1.165) is 11.3 Å². The third-order valence-electron chi connectivity index (χ3n) is 4.29. The Balaban J connectivity index is 1.62. The monoisotopic (exact) mass is 418 g/mol. The molecule has 0 atom stereocenters. The molecule has 0 aliphatic carbocycles. The van der Waals surface area contributed by atoms with Gasteiger partial charge in [0.2, 0.25) is 5.91 Å². The minimum Gasteiger partial charge on any atom is -0.497 e. The van der Waals surface area contributed by atoms with Crippen LogP contribution < -0.4 is 20.1 Å². The minimum atomic E-state index is -0.462. The fraction of sp³-hybridized carbons (Fsp3) is 0.125. The number of methoxy groups -OCH3 is 1. The van der Waals surface area contributed by atoms with Crippen LogP contribution in [0, 0.1) is 0 Å². The van der Waals surface area contributed by atoms with Gasteiger partial charge in [0.05, 0.1) is 13.5 Å². The Hall–Kier alpha value is -4.13. The van der Waals surface area contributed by atoms with Gasteiger partial charge in [-0.1, -0.05) is 24.3 Å². The molecule has 31 heavy (non-hydrogen) atoms. The van der Waals surface area contributed by atoms with Crippen molar-refractivity contribution in [2.75, 3.05) is 17.7 Å². The molecule has 0 heterocycles. The number of carbonyl (C=O) groups is 3. The molecule has 158 valence electrons. The zero-order valence-electron chi connectivity index (χ0n) is 17.2. The van der Waals surface area contributed by atoms with Crippen molar-refractivity contribution in [3.05, 3.63) is 83.9 Å². The number of carbonyl (C=O) groups excluding carboxylic acids is 3. The van der Waals surface area contributed by atoms with E-state index in [9.17, 15) is 14.4 Å². The van der Waals surface area contributed by atoms with E-state index in [0.29, 0.717) is 22.7 Å². The van der Waals surface area contributed by atoms with E-state index in [1.54, 1.807) is 61.7 Å². The summed E-state index contributed by atoms with van der Waals surface area (Å²) in [4.78, 5) is 36.0. The fourth-order valence-electron chi connectivity index (χ4n) is 2.88. The number of amides is 2. The third-order valence-corrected chi connectivity index (χ3v) is 4.29. The molecule has 3 aromatic rings. The van der Waals surface area contributed by atoms with Crippen LogP contribution in [0.15, 0.2) is 72.8 Å². The highest BCUT2D eigenvalue weighted by Gasteiger charge is 2.10. The lowest BCUT2D eigenvalue weighted by Crippen LogP contribution is -2.15. The summed E-state index contributed by atoms with van der Waals surface area (Å²) < 4.78 is 10.1. The topological polar surface area (TPSA) is 93.7 Å². The molecule has 0 spiro atoms. The van der Waals surface area contributed by atoms with Crippen LogP contribution in [0.5, 0.6) is 11.5 Å². The SMILES string of the molecule is COc1ccc(CC(=O)Nc2cccc(NC(=O)c3cccc(OC(C)=O)c3)c2)cc1. The molecule has 7 nitrogen and oxygen atoms in total. The predicted molar refractivity (Wildman–Crippen MR) is 117 cm³/mol. The number of hydrogen-bond acceptors (Lipinski definition) is 5. The van der Waals surface area contributed by atoms with Crippen molar-refractivity contribution in [1.29, 1.82) is 0 Å². The van der Waals surface area contributed by atoms with Crippen molar-refractivity contribution in [1.82, 2.24) is 0 Å². The molecular formula is C24H22N2O5. The number of nitrogens with one attached hydrogen (secondary N) is 2. The molecule has 2 N–H and O–H groups in total. The highest BCUT2D eigenvalue weighted by molar-refractivity contribution is 6.05. The van der Waals surface area contributed by atoms with Crippen LogP contribution in [-0.4, -0.2) is 24.9 Å². The number of benzene rings is 3. The van der Waals surface area contributed by atoms with Gasteiger partial charge in [-0.3, -0.25) is 14.4 Å². The van der Waals surface area contributed by atoms with Crippen molar-refractivity contribution >= 4 is 29.2 Å². The van der Waals surface area contributed by atoms with Gasteiger partial charge in [0, 0.05) is 23.9 Å². The Kier molecular flexibility index (Phi) is 7.01. The number of hydrogen-bond donors (Lipinski definition) is 2. The van der Waals surface area contributed by atoms with Crippen LogP contribution >= 0.6 is 0 Å². The van der Waals surface area contributed by atoms with Crippen LogP contribution in [0.25, 0.3) is 0 Å².